The number of rotatable bonds is 10. The fourth-order valence-electron chi connectivity index (χ4n) is 1.86. The summed E-state index contributed by atoms with van der Waals surface area (Å²) in [5.74, 6) is 0.455. The van der Waals surface area contributed by atoms with Gasteiger partial charge >= 0.3 is 0 Å². The summed E-state index contributed by atoms with van der Waals surface area (Å²) in [5, 5.41) is 0. The average molecular weight is 226 g/mol. The number of carbonyl (C=O) groups is 1. The molecule has 0 saturated heterocycles. The van der Waals surface area contributed by atoms with Crippen molar-refractivity contribution >= 4 is 5.78 Å². The number of unbranched alkanes of at least 4 members (excludes halogenated alkanes) is 3. The first-order valence-corrected chi connectivity index (χ1v) is 7.03. The first-order chi connectivity index (χ1) is 7.52. The van der Waals surface area contributed by atoms with Crippen LogP contribution in [0.5, 0.6) is 0 Å². The lowest BCUT2D eigenvalue weighted by Crippen LogP contribution is -2.08. The van der Waals surface area contributed by atoms with Crippen LogP contribution in [0.4, 0.5) is 0 Å². The zero-order valence-corrected chi connectivity index (χ0v) is 11.8. The van der Waals surface area contributed by atoms with Gasteiger partial charge in [0.15, 0.2) is 0 Å². The van der Waals surface area contributed by atoms with Crippen molar-refractivity contribution in [2.75, 3.05) is 0 Å². The van der Waals surface area contributed by atoms with Crippen LogP contribution in [0.15, 0.2) is 0 Å². The van der Waals surface area contributed by atoms with Gasteiger partial charge in [-0.15, -0.1) is 0 Å². The van der Waals surface area contributed by atoms with Gasteiger partial charge in [-0.1, -0.05) is 53.4 Å². The van der Waals surface area contributed by atoms with Gasteiger partial charge in [-0.05, 0) is 24.7 Å². The largest absolute Gasteiger partial charge is 0.300 e. The molecule has 0 unspecified atom stereocenters. The van der Waals surface area contributed by atoms with Crippen LogP contribution in [0.2, 0.25) is 0 Å². The third-order valence-electron chi connectivity index (χ3n) is 3.55. The molecule has 0 atom stereocenters. The molecule has 0 aromatic heterocycles. The van der Waals surface area contributed by atoms with E-state index in [4.69, 9.17) is 0 Å². The lowest BCUT2D eigenvalue weighted by molar-refractivity contribution is -0.119. The second-order valence-corrected chi connectivity index (χ2v) is 5.72. The molecule has 0 amide bonds. The molecule has 0 aliphatic heterocycles. The summed E-state index contributed by atoms with van der Waals surface area (Å²) < 4.78 is 0. The van der Waals surface area contributed by atoms with Crippen LogP contribution in [0.1, 0.15) is 85.5 Å². The number of hydrogen-bond acceptors (Lipinski definition) is 1. The Morgan fingerprint density at radius 1 is 0.938 bits per heavy atom. The Bertz CT molecular complexity index is 182. The summed E-state index contributed by atoms with van der Waals surface area (Å²) >= 11 is 0. The Hall–Kier alpha value is -0.330. The fraction of sp³-hybridized carbons (Fsp3) is 0.933. The van der Waals surface area contributed by atoms with Gasteiger partial charge in [0.2, 0.25) is 0 Å². The number of hydrogen-bond donors (Lipinski definition) is 0. The van der Waals surface area contributed by atoms with E-state index >= 15 is 0 Å². The number of Topliss-reactive ketones (excluding diaryl/α,β-unsaturated/α-hetero) is 1. The molecule has 0 aromatic carbocycles. The van der Waals surface area contributed by atoms with Crippen LogP contribution in [-0.4, -0.2) is 5.78 Å². The quantitative estimate of drug-likeness (QED) is 0.472. The maximum absolute atomic E-state index is 11.3. The van der Waals surface area contributed by atoms with Crippen molar-refractivity contribution in [3.63, 3.8) is 0 Å². The van der Waals surface area contributed by atoms with E-state index < -0.39 is 0 Å². The lowest BCUT2D eigenvalue weighted by atomic mass is 9.84. The zero-order valence-electron chi connectivity index (χ0n) is 11.8. The number of ketones is 1. The van der Waals surface area contributed by atoms with E-state index in [9.17, 15) is 4.79 Å². The second kappa shape index (κ2) is 8.78. The SMILES string of the molecule is CCCC(=O)CCCCCCC(C)(C)CC. The van der Waals surface area contributed by atoms with Gasteiger partial charge in [0, 0.05) is 12.8 Å². The van der Waals surface area contributed by atoms with Crippen molar-refractivity contribution in [1.29, 1.82) is 0 Å². The highest BCUT2D eigenvalue weighted by molar-refractivity contribution is 5.78. The van der Waals surface area contributed by atoms with Crippen LogP contribution in [0.3, 0.4) is 0 Å². The van der Waals surface area contributed by atoms with Gasteiger partial charge < -0.3 is 0 Å². The molecule has 0 spiro atoms. The molecule has 0 N–H and O–H groups in total. The van der Waals surface area contributed by atoms with Gasteiger partial charge in [0.05, 0.1) is 0 Å². The molecule has 96 valence electrons. The van der Waals surface area contributed by atoms with Crippen LogP contribution < -0.4 is 0 Å². The lowest BCUT2D eigenvalue weighted by Gasteiger charge is -2.22. The maximum atomic E-state index is 11.3. The summed E-state index contributed by atoms with van der Waals surface area (Å²) in [6.45, 7) is 9.03. The van der Waals surface area contributed by atoms with Gasteiger partial charge in [-0.25, -0.2) is 0 Å². The monoisotopic (exact) mass is 226 g/mol. The molecule has 1 nitrogen and oxygen atoms in total. The minimum absolute atomic E-state index is 0.455. The van der Waals surface area contributed by atoms with Crippen molar-refractivity contribution in [1.82, 2.24) is 0 Å². The van der Waals surface area contributed by atoms with Gasteiger partial charge in [-0.2, -0.15) is 0 Å². The standard InChI is InChI=1S/C15H30O/c1-5-11-14(16)12-9-7-8-10-13-15(3,4)6-2/h5-13H2,1-4H3. The molecule has 1 heteroatoms. The van der Waals surface area contributed by atoms with E-state index in [-0.39, 0.29) is 0 Å². The Balaban J connectivity index is 3.31. The van der Waals surface area contributed by atoms with Gasteiger partial charge in [0.25, 0.3) is 0 Å². The third kappa shape index (κ3) is 8.94. The highest BCUT2D eigenvalue weighted by Crippen LogP contribution is 2.27. The Kier molecular flexibility index (Phi) is 8.60. The maximum Gasteiger partial charge on any atom is 0.132 e. The van der Waals surface area contributed by atoms with Crippen molar-refractivity contribution < 1.29 is 4.79 Å². The molecule has 0 radical (unpaired) electrons. The van der Waals surface area contributed by atoms with E-state index in [2.05, 4.69) is 27.7 Å². The molecule has 0 aromatic rings. The highest BCUT2D eigenvalue weighted by Gasteiger charge is 2.13. The average Bonchev–Trinajstić information content (AvgIpc) is 2.23. The summed E-state index contributed by atoms with van der Waals surface area (Å²) in [6.07, 6.45) is 10.1. The molecule has 0 bridgehead atoms. The zero-order chi connectivity index (χ0) is 12.4. The first kappa shape index (κ1) is 15.7. The molecule has 0 saturated carbocycles. The van der Waals surface area contributed by atoms with E-state index in [0.29, 0.717) is 11.2 Å². The second-order valence-electron chi connectivity index (χ2n) is 5.72. The molecule has 0 heterocycles. The van der Waals surface area contributed by atoms with Crippen LogP contribution in [-0.2, 0) is 4.79 Å². The summed E-state index contributed by atoms with van der Waals surface area (Å²) in [6, 6.07) is 0. The summed E-state index contributed by atoms with van der Waals surface area (Å²) in [4.78, 5) is 11.3. The smallest absolute Gasteiger partial charge is 0.132 e. The molecule has 16 heavy (non-hydrogen) atoms. The van der Waals surface area contributed by atoms with Crippen molar-refractivity contribution in [2.45, 2.75) is 85.5 Å². The predicted molar refractivity (Wildman–Crippen MR) is 71.7 cm³/mol. The molecule has 0 aliphatic carbocycles. The Labute approximate surface area is 102 Å². The minimum Gasteiger partial charge on any atom is -0.300 e. The van der Waals surface area contributed by atoms with E-state index in [1.807, 2.05) is 0 Å². The van der Waals surface area contributed by atoms with Crippen molar-refractivity contribution in [3.8, 4) is 0 Å². The van der Waals surface area contributed by atoms with Gasteiger partial charge in [-0.3, -0.25) is 4.79 Å². The Morgan fingerprint density at radius 3 is 2.12 bits per heavy atom. The van der Waals surface area contributed by atoms with E-state index in [0.717, 1.165) is 25.7 Å². The minimum atomic E-state index is 0.455. The van der Waals surface area contributed by atoms with Crippen molar-refractivity contribution in [2.24, 2.45) is 5.41 Å². The normalized spacial score (nSPS) is 11.8. The summed E-state index contributed by atoms with van der Waals surface area (Å²) in [5.41, 5.74) is 0.512. The number of carbonyl (C=O) groups excluding carboxylic acids is 1. The van der Waals surface area contributed by atoms with Crippen molar-refractivity contribution in [3.05, 3.63) is 0 Å². The van der Waals surface area contributed by atoms with Crippen LogP contribution >= 0.6 is 0 Å². The molecule has 0 fully saturated rings. The molecular formula is C15H30O. The topological polar surface area (TPSA) is 17.1 Å². The van der Waals surface area contributed by atoms with E-state index in [1.165, 1.54) is 32.1 Å². The highest BCUT2D eigenvalue weighted by atomic mass is 16.1. The Morgan fingerprint density at radius 2 is 1.56 bits per heavy atom. The predicted octanol–water partition coefficient (Wildman–Crippen LogP) is 5.13. The molecule has 0 aliphatic rings. The van der Waals surface area contributed by atoms with Gasteiger partial charge in [0.1, 0.15) is 5.78 Å². The molecule has 0 rings (SSSR count). The van der Waals surface area contributed by atoms with Crippen LogP contribution in [0, 0.1) is 5.41 Å². The fourth-order valence-corrected chi connectivity index (χ4v) is 1.86. The molecular weight excluding hydrogens is 196 g/mol. The first-order valence-electron chi connectivity index (χ1n) is 7.03. The summed E-state index contributed by atoms with van der Waals surface area (Å²) in [7, 11) is 0. The van der Waals surface area contributed by atoms with Crippen LogP contribution in [0.25, 0.3) is 0 Å². The third-order valence-corrected chi connectivity index (χ3v) is 3.55. The van der Waals surface area contributed by atoms with E-state index in [1.54, 1.807) is 0 Å².